The molecule has 0 amide bonds. The second kappa shape index (κ2) is 5.31. The fourth-order valence-corrected chi connectivity index (χ4v) is 2.31. The summed E-state index contributed by atoms with van der Waals surface area (Å²) in [5, 5.41) is 0. The Morgan fingerprint density at radius 2 is 1.80 bits per heavy atom. The number of hydrogen-bond acceptors (Lipinski definition) is 2. The van der Waals surface area contributed by atoms with Gasteiger partial charge in [-0.3, -0.25) is 0 Å². The van der Waals surface area contributed by atoms with Gasteiger partial charge in [-0.2, -0.15) is 0 Å². The smallest absolute Gasteiger partial charge is 0.00388 e. The minimum absolute atomic E-state index is 0.672. The van der Waals surface area contributed by atoms with Gasteiger partial charge in [-0.1, -0.05) is 6.92 Å². The van der Waals surface area contributed by atoms with Gasteiger partial charge in [0.2, 0.25) is 0 Å². The maximum absolute atomic E-state index is 2.61. The lowest BCUT2D eigenvalue weighted by atomic mass is 9.97. The lowest BCUT2D eigenvalue weighted by molar-refractivity contribution is 0.207. The van der Waals surface area contributed by atoms with Crippen molar-refractivity contribution in [3.05, 3.63) is 0 Å². The maximum Gasteiger partial charge on any atom is 0.00388 e. The Morgan fingerprint density at radius 1 is 1.20 bits per heavy atom. The molecule has 1 rings (SSSR count). The van der Waals surface area contributed by atoms with Crippen molar-refractivity contribution in [3.63, 3.8) is 0 Å². The first-order valence-corrected chi connectivity index (χ1v) is 6.36. The molecule has 0 bridgehead atoms. The molecule has 0 N–H and O–H groups in total. The zero-order valence-electron chi connectivity index (χ0n) is 11.3. The topological polar surface area (TPSA) is 6.48 Å². The van der Waals surface area contributed by atoms with E-state index in [2.05, 4.69) is 51.5 Å². The number of likely N-dealkylation sites (tertiary alicyclic amines) is 1. The van der Waals surface area contributed by atoms with E-state index in [0.29, 0.717) is 12.1 Å². The van der Waals surface area contributed by atoms with Crippen molar-refractivity contribution in [2.45, 2.75) is 46.7 Å². The van der Waals surface area contributed by atoms with Crippen LogP contribution in [0.2, 0.25) is 0 Å². The Balaban J connectivity index is 2.43. The molecule has 1 heterocycles. The Hall–Kier alpha value is -0.0800. The molecule has 15 heavy (non-hydrogen) atoms. The van der Waals surface area contributed by atoms with E-state index in [4.69, 9.17) is 0 Å². The molecular formula is C13H28N2. The summed E-state index contributed by atoms with van der Waals surface area (Å²) in [6, 6.07) is 1.38. The van der Waals surface area contributed by atoms with Crippen LogP contribution >= 0.6 is 0 Å². The van der Waals surface area contributed by atoms with Crippen molar-refractivity contribution in [3.8, 4) is 0 Å². The van der Waals surface area contributed by atoms with Crippen molar-refractivity contribution >= 4 is 0 Å². The summed E-state index contributed by atoms with van der Waals surface area (Å²) < 4.78 is 0. The highest BCUT2D eigenvalue weighted by atomic mass is 15.2. The van der Waals surface area contributed by atoms with Gasteiger partial charge in [-0.15, -0.1) is 0 Å². The van der Waals surface area contributed by atoms with E-state index < -0.39 is 0 Å². The predicted molar refractivity (Wildman–Crippen MR) is 67.1 cm³/mol. The monoisotopic (exact) mass is 212 g/mol. The average molecular weight is 212 g/mol. The van der Waals surface area contributed by atoms with Gasteiger partial charge in [-0.25, -0.2) is 0 Å². The van der Waals surface area contributed by atoms with Crippen LogP contribution in [0.4, 0.5) is 0 Å². The molecule has 2 nitrogen and oxygen atoms in total. The van der Waals surface area contributed by atoms with Crippen LogP contribution in [0.25, 0.3) is 0 Å². The van der Waals surface area contributed by atoms with Crippen LogP contribution in [0.1, 0.15) is 34.6 Å². The molecule has 2 unspecified atom stereocenters. The summed E-state index contributed by atoms with van der Waals surface area (Å²) in [5.41, 5.74) is 0. The van der Waals surface area contributed by atoms with Crippen molar-refractivity contribution in [1.29, 1.82) is 0 Å². The van der Waals surface area contributed by atoms with Crippen LogP contribution < -0.4 is 0 Å². The summed E-state index contributed by atoms with van der Waals surface area (Å²) in [7, 11) is 2.25. The third-order valence-corrected chi connectivity index (χ3v) is 3.93. The van der Waals surface area contributed by atoms with Gasteiger partial charge < -0.3 is 9.80 Å². The highest BCUT2D eigenvalue weighted by Crippen LogP contribution is 2.25. The molecule has 0 aromatic carbocycles. The van der Waals surface area contributed by atoms with Gasteiger partial charge in [0.15, 0.2) is 0 Å². The first kappa shape index (κ1) is 13.0. The largest absolute Gasteiger partial charge is 0.304 e. The van der Waals surface area contributed by atoms with E-state index in [-0.39, 0.29) is 0 Å². The zero-order chi connectivity index (χ0) is 11.6. The molecule has 0 aliphatic carbocycles. The van der Waals surface area contributed by atoms with Crippen LogP contribution in [-0.4, -0.2) is 48.6 Å². The van der Waals surface area contributed by atoms with Crippen molar-refractivity contribution in [1.82, 2.24) is 9.80 Å². The molecule has 2 heteroatoms. The van der Waals surface area contributed by atoms with E-state index in [1.54, 1.807) is 0 Å². The molecule has 0 aromatic heterocycles. The van der Waals surface area contributed by atoms with Crippen LogP contribution in [0, 0.1) is 11.8 Å². The van der Waals surface area contributed by atoms with Gasteiger partial charge in [0.1, 0.15) is 0 Å². The maximum atomic E-state index is 2.61. The van der Waals surface area contributed by atoms with E-state index >= 15 is 0 Å². The highest BCUT2D eigenvalue weighted by molar-refractivity contribution is 4.85. The van der Waals surface area contributed by atoms with Crippen molar-refractivity contribution < 1.29 is 0 Å². The van der Waals surface area contributed by atoms with E-state index in [1.807, 2.05) is 0 Å². The summed E-state index contributed by atoms with van der Waals surface area (Å²) in [4.78, 5) is 5.09. The Kier molecular flexibility index (Phi) is 4.60. The molecule has 90 valence electrons. The summed E-state index contributed by atoms with van der Waals surface area (Å²) in [6.07, 6.45) is 0. The molecule has 2 atom stereocenters. The quantitative estimate of drug-likeness (QED) is 0.705. The van der Waals surface area contributed by atoms with E-state index in [1.165, 1.54) is 19.6 Å². The third-order valence-electron chi connectivity index (χ3n) is 3.93. The lowest BCUT2D eigenvalue weighted by Crippen LogP contribution is -2.35. The summed E-state index contributed by atoms with van der Waals surface area (Å²) in [5.74, 6) is 1.72. The molecule has 0 radical (unpaired) electrons. The van der Waals surface area contributed by atoms with Gasteiger partial charge in [0.25, 0.3) is 0 Å². The number of rotatable bonds is 4. The van der Waals surface area contributed by atoms with Gasteiger partial charge >= 0.3 is 0 Å². The van der Waals surface area contributed by atoms with E-state index in [0.717, 1.165) is 11.8 Å². The Labute approximate surface area is 95.6 Å². The standard InChI is InChI=1S/C13H28N2/c1-10(2)14(6)8-13-9-15(11(3)4)7-12(13)5/h10-13H,7-9H2,1-6H3. The molecule has 0 saturated carbocycles. The van der Waals surface area contributed by atoms with Crippen LogP contribution in [0.5, 0.6) is 0 Å². The Morgan fingerprint density at radius 3 is 2.20 bits per heavy atom. The average Bonchev–Trinajstić information content (AvgIpc) is 2.47. The molecule has 1 fully saturated rings. The van der Waals surface area contributed by atoms with Gasteiger partial charge in [-0.05, 0) is 46.6 Å². The molecular weight excluding hydrogens is 184 g/mol. The molecule has 0 aromatic rings. The third kappa shape index (κ3) is 3.46. The normalized spacial score (nSPS) is 28.6. The molecule has 1 aliphatic heterocycles. The SMILES string of the molecule is CC1CN(C(C)C)CC1CN(C)C(C)C. The second-order valence-electron chi connectivity index (χ2n) is 5.82. The highest BCUT2D eigenvalue weighted by Gasteiger charge is 2.31. The fourth-order valence-electron chi connectivity index (χ4n) is 2.31. The first-order chi connectivity index (χ1) is 6.91. The minimum Gasteiger partial charge on any atom is -0.304 e. The summed E-state index contributed by atoms with van der Waals surface area (Å²) in [6.45, 7) is 15.4. The zero-order valence-corrected chi connectivity index (χ0v) is 11.3. The lowest BCUT2D eigenvalue weighted by Gasteiger charge is -2.26. The van der Waals surface area contributed by atoms with Crippen LogP contribution in [-0.2, 0) is 0 Å². The number of nitrogens with zero attached hydrogens (tertiary/aromatic N) is 2. The van der Waals surface area contributed by atoms with Crippen molar-refractivity contribution in [2.75, 3.05) is 26.7 Å². The molecule has 1 aliphatic rings. The molecule has 1 saturated heterocycles. The number of hydrogen-bond donors (Lipinski definition) is 0. The Bertz CT molecular complexity index is 189. The fraction of sp³-hybridized carbons (Fsp3) is 1.00. The van der Waals surface area contributed by atoms with E-state index in [9.17, 15) is 0 Å². The van der Waals surface area contributed by atoms with Gasteiger partial charge in [0, 0.05) is 31.7 Å². The second-order valence-corrected chi connectivity index (χ2v) is 5.82. The van der Waals surface area contributed by atoms with Crippen molar-refractivity contribution in [2.24, 2.45) is 11.8 Å². The predicted octanol–water partition coefficient (Wildman–Crippen LogP) is 2.30. The minimum atomic E-state index is 0.672. The van der Waals surface area contributed by atoms with Gasteiger partial charge in [0.05, 0.1) is 0 Å². The molecule has 0 spiro atoms. The summed E-state index contributed by atoms with van der Waals surface area (Å²) >= 11 is 0. The van der Waals surface area contributed by atoms with Crippen LogP contribution in [0.3, 0.4) is 0 Å². The first-order valence-electron chi connectivity index (χ1n) is 6.36. The van der Waals surface area contributed by atoms with Crippen LogP contribution in [0.15, 0.2) is 0 Å².